The molecule has 114 valence electrons. The molecule has 0 saturated heterocycles. The van der Waals surface area contributed by atoms with Gasteiger partial charge in [0.15, 0.2) is 5.82 Å². The maximum absolute atomic E-state index is 5.44. The quantitative estimate of drug-likeness (QED) is 0.458. The van der Waals surface area contributed by atoms with E-state index >= 15 is 0 Å². The van der Waals surface area contributed by atoms with Crippen molar-refractivity contribution in [3.63, 3.8) is 0 Å². The van der Waals surface area contributed by atoms with Crippen LogP contribution in [0, 0.1) is 0 Å². The molecule has 0 aliphatic heterocycles. The number of anilines is 2. The molecule has 0 spiro atoms. The number of hydrogen-bond donors (Lipinski definition) is 2. The maximum atomic E-state index is 5.44. The number of ether oxygens (including phenoxy) is 3. The molecule has 3 N–H and O–H groups in total. The van der Waals surface area contributed by atoms with Gasteiger partial charge in [0.2, 0.25) is 0 Å². The number of aromatic nitrogens is 2. The average Bonchev–Trinajstić information content (AvgIpc) is 2.47. The molecular formula is C12H23N5O3. The fourth-order valence-electron chi connectivity index (χ4n) is 1.66. The molecule has 0 aromatic carbocycles. The van der Waals surface area contributed by atoms with E-state index in [1.54, 1.807) is 27.4 Å². The molecular weight excluding hydrogens is 262 g/mol. The van der Waals surface area contributed by atoms with Gasteiger partial charge >= 0.3 is 0 Å². The highest BCUT2D eigenvalue weighted by molar-refractivity contribution is 5.48. The highest BCUT2D eigenvalue weighted by atomic mass is 16.5. The number of nitrogens with zero attached hydrogens (tertiary/aromatic N) is 3. The Morgan fingerprint density at radius 2 is 1.75 bits per heavy atom. The number of methoxy groups -OCH3 is 3. The van der Waals surface area contributed by atoms with E-state index in [9.17, 15) is 0 Å². The van der Waals surface area contributed by atoms with Crippen LogP contribution in [0.4, 0.5) is 11.6 Å². The van der Waals surface area contributed by atoms with Gasteiger partial charge in [0, 0.05) is 40.5 Å². The standard InChI is InChI=1S/C12H23N5O3/c1-18-6-4-17(5-7-19-2)12-8-10(16-13)14-11(15-12)9-20-3/h8H,4-7,9,13H2,1-3H3,(H,14,15,16). The molecule has 0 radical (unpaired) electrons. The van der Waals surface area contributed by atoms with E-state index in [4.69, 9.17) is 20.1 Å². The smallest absolute Gasteiger partial charge is 0.158 e. The minimum absolute atomic E-state index is 0.324. The van der Waals surface area contributed by atoms with Crippen LogP contribution in [0.5, 0.6) is 0 Å². The molecule has 0 aliphatic rings. The van der Waals surface area contributed by atoms with Crippen molar-refractivity contribution < 1.29 is 14.2 Å². The number of nitrogen functional groups attached to an aromatic ring is 1. The SMILES string of the molecule is COCCN(CCOC)c1cc(NN)nc(COC)n1. The highest BCUT2D eigenvalue weighted by Gasteiger charge is 2.11. The molecule has 0 amide bonds. The van der Waals surface area contributed by atoms with Gasteiger partial charge in [0.05, 0.1) is 13.2 Å². The van der Waals surface area contributed by atoms with E-state index < -0.39 is 0 Å². The van der Waals surface area contributed by atoms with Crippen molar-refractivity contribution in [2.24, 2.45) is 5.84 Å². The summed E-state index contributed by atoms with van der Waals surface area (Å²) in [6.07, 6.45) is 0. The Hall–Kier alpha value is -1.48. The van der Waals surface area contributed by atoms with Gasteiger partial charge in [0.1, 0.15) is 18.2 Å². The summed E-state index contributed by atoms with van der Waals surface area (Å²) in [6, 6.07) is 1.78. The summed E-state index contributed by atoms with van der Waals surface area (Å²) in [4.78, 5) is 10.7. The van der Waals surface area contributed by atoms with E-state index in [1.165, 1.54) is 0 Å². The molecule has 8 nitrogen and oxygen atoms in total. The minimum Gasteiger partial charge on any atom is -0.383 e. The first kappa shape index (κ1) is 16.6. The summed E-state index contributed by atoms with van der Waals surface area (Å²) < 4.78 is 15.3. The van der Waals surface area contributed by atoms with Crippen molar-refractivity contribution in [3.05, 3.63) is 11.9 Å². The molecule has 1 aromatic heterocycles. The zero-order valence-electron chi connectivity index (χ0n) is 12.3. The van der Waals surface area contributed by atoms with Crippen molar-refractivity contribution in [3.8, 4) is 0 Å². The number of hydrazine groups is 1. The molecule has 0 fully saturated rings. The third kappa shape index (κ3) is 5.25. The Morgan fingerprint density at radius 1 is 1.10 bits per heavy atom. The largest absolute Gasteiger partial charge is 0.383 e. The molecule has 1 aromatic rings. The molecule has 1 heterocycles. The normalized spacial score (nSPS) is 10.6. The van der Waals surface area contributed by atoms with Gasteiger partial charge in [-0.3, -0.25) is 0 Å². The summed E-state index contributed by atoms with van der Waals surface area (Å²) in [5.41, 5.74) is 2.54. The Bertz CT molecular complexity index is 383. The number of rotatable bonds is 10. The molecule has 0 unspecified atom stereocenters. The van der Waals surface area contributed by atoms with E-state index in [0.717, 1.165) is 5.82 Å². The lowest BCUT2D eigenvalue weighted by Crippen LogP contribution is -2.32. The minimum atomic E-state index is 0.324. The van der Waals surface area contributed by atoms with Crippen LogP contribution in [0.2, 0.25) is 0 Å². The van der Waals surface area contributed by atoms with Gasteiger partial charge < -0.3 is 24.5 Å². The van der Waals surface area contributed by atoms with Gasteiger partial charge in [-0.2, -0.15) is 0 Å². The third-order valence-corrected chi connectivity index (χ3v) is 2.63. The average molecular weight is 285 g/mol. The fourth-order valence-corrected chi connectivity index (χ4v) is 1.66. The third-order valence-electron chi connectivity index (χ3n) is 2.63. The zero-order valence-corrected chi connectivity index (χ0v) is 12.3. The predicted octanol–water partition coefficient (Wildman–Crippen LogP) is 0.00780. The Kier molecular flexibility index (Phi) is 7.81. The van der Waals surface area contributed by atoms with Crippen molar-refractivity contribution in [2.45, 2.75) is 6.61 Å². The van der Waals surface area contributed by atoms with Gasteiger partial charge in [-0.15, -0.1) is 0 Å². The van der Waals surface area contributed by atoms with Gasteiger partial charge in [-0.25, -0.2) is 15.8 Å². The number of nitrogens with two attached hydrogens (primary N) is 1. The van der Waals surface area contributed by atoms with Crippen molar-refractivity contribution in [1.82, 2.24) is 9.97 Å². The fraction of sp³-hybridized carbons (Fsp3) is 0.667. The van der Waals surface area contributed by atoms with Gasteiger partial charge in [-0.05, 0) is 0 Å². The topological polar surface area (TPSA) is 94.8 Å². The number of hydrogen-bond acceptors (Lipinski definition) is 8. The molecule has 1 rings (SSSR count). The predicted molar refractivity (Wildman–Crippen MR) is 76.5 cm³/mol. The Balaban J connectivity index is 2.93. The van der Waals surface area contributed by atoms with Crippen LogP contribution in [0.3, 0.4) is 0 Å². The van der Waals surface area contributed by atoms with E-state index in [1.807, 2.05) is 0 Å². The lowest BCUT2D eigenvalue weighted by atomic mass is 10.4. The first-order chi connectivity index (χ1) is 9.74. The van der Waals surface area contributed by atoms with Crippen LogP contribution in [-0.4, -0.2) is 57.6 Å². The van der Waals surface area contributed by atoms with Crippen LogP contribution < -0.4 is 16.2 Å². The van der Waals surface area contributed by atoms with Crippen molar-refractivity contribution >= 4 is 11.6 Å². The van der Waals surface area contributed by atoms with Crippen LogP contribution in [0.1, 0.15) is 5.82 Å². The summed E-state index contributed by atoms with van der Waals surface area (Å²) in [7, 11) is 4.93. The maximum Gasteiger partial charge on any atom is 0.158 e. The van der Waals surface area contributed by atoms with Crippen molar-refractivity contribution in [1.29, 1.82) is 0 Å². The highest BCUT2D eigenvalue weighted by Crippen LogP contribution is 2.15. The van der Waals surface area contributed by atoms with E-state index in [0.29, 0.717) is 44.6 Å². The van der Waals surface area contributed by atoms with Crippen LogP contribution in [0.15, 0.2) is 6.07 Å². The summed E-state index contributed by atoms with van der Waals surface area (Å²) in [6.45, 7) is 2.92. The first-order valence-corrected chi connectivity index (χ1v) is 6.31. The van der Waals surface area contributed by atoms with Crippen LogP contribution >= 0.6 is 0 Å². The molecule has 20 heavy (non-hydrogen) atoms. The number of nitrogens with one attached hydrogen (secondary N) is 1. The van der Waals surface area contributed by atoms with E-state index in [-0.39, 0.29) is 0 Å². The van der Waals surface area contributed by atoms with Gasteiger partial charge in [0.25, 0.3) is 0 Å². The Labute approximate surface area is 119 Å². The first-order valence-electron chi connectivity index (χ1n) is 6.31. The second kappa shape index (κ2) is 9.43. The van der Waals surface area contributed by atoms with Crippen LogP contribution in [0.25, 0.3) is 0 Å². The van der Waals surface area contributed by atoms with Crippen LogP contribution in [-0.2, 0) is 20.8 Å². The zero-order chi connectivity index (χ0) is 14.8. The van der Waals surface area contributed by atoms with Gasteiger partial charge in [-0.1, -0.05) is 0 Å². The lowest BCUT2D eigenvalue weighted by molar-refractivity contribution is 0.177. The Morgan fingerprint density at radius 3 is 2.25 bits per heavy atom. The van der Waals surface area contributed by atoms with Crippen molar-refractivity contribution in [2.75, 3.05) is 58.0 Å². The summed E-state index contributed by atoms with van der Waals surface area (Å²) in [5.74, 6) is 7.30. The second-order valence-electron chi connectivity index (χ2n) is 4.08. The second-order valence-corrected chi connectivity index (χ2v) is 4.08. The van der Waals surface area contributed by atoms with E-state index in [2.05, 4.69) is 20.3 Å². The molecule has 0 bridgehead atoms. The summed E-state index contributed by atoms with van der Waals surface area (Å²) in [5, 5.41) is 0. The molecule has 0 aliphatic carbocycles. The lowest BCUT2D eigenvalue weighted by Gasteiger charge is -2.23. The molecule has 0 atom stereocenters. The molecule has 8 heteroatoms. The monoisotopic (exact) mass is 285 g/mol. The molecule has 0 saturated carbocycles. The summed E-state index contributed by atoms with van der Waals surface area (Å²) >= 11 is 0.